The van der Waals surface area contributed by atoms with E-state index in [1.165, 1.54) is 6.92 Å². The van der Waals surface area contributed by atoms with Crippen LogP contribution in [0.5, 0.6) is 0 Å². The van der Waals surface area contributed by atoms with E-state index in [4.69, 9.17) is 5.73 Å². The van der Waals surface area contributed by atoms with Crippen molar-refractivity contribution in [1.82, 2.24) is 10.2 Å². The Morgan fingerprint density at radius 2 is 2.13 bits per heavy atom. The average molecular weight is 213 g/mol. The molecule has 0 aromatic rings. The summed E-state index contributed by atoms with van der Waals surface area (Å²) in [5.74, 6) is 0.293. The predicted molar refractivity (Wildman–Crippen MR) is 57.0 cm³/mol. The third kappa shape index (κ3) is 3.51. The number of hydrogen-bond acceptors (Lipinski definition) is 3. The van der Waals surface area contributed by atoms with Crippen molar-refractivity contribution in [2.24, 2.45) is 11.7 Å². The molecule has 1 aliphatic carbocycles. The molecule has 5 nitrogen and oxygen atoms in total. The molecule has 86 valence electrons. The fourth-order valence-electron chi connectivity index (χ4n) is 1.66. The molecule has 0 heterocycles. The van der Waals surface area contributed by atoms with E-state index in [9.17, 15) is 9.59 Å². The van der Waals surface area contributed by atoms with Gasteiger partial charge < -0.3 is 16.0 Å². The summed E-state index contributed by atoms with van der Waals surface area (Å²) in [5.41, 5.74) is 5.63. The number of nitrogens with zero attached hydrogens (tertiary/aromatic N) is 1. The summed E-state index contributed by atoms with van der Waals surface area (Å²) in [6, 6.07) is 0.131. The van der Waals surface area contributed by atoms with Crippen LogP contribution in [0.15, 0.2) is 0 Å². The van der Waals surface area contributed by atoms with E-state index < -0.39 is 0 Å². The van der Waals surface area contributed by atoms with Gasteiger partial charge in [0, 0.05) is 26.6 Å². The van der Waals surface area contributed by atoms with Crippen LogP contribution in [0.4, 0.5) is 0 Å². The van der Waals surface area contributed by atoms with Crippen molar-refractivity contribution in [1.29, 1.82) is 0 Å². The van der Waals surface area contributed by atoms with Crippen LogP contribution in [0.25, 0.3) is 0 Å². The Labute approximate surface area is 90.0 Å². The van der Waals surface area contributed by atoms with Gasteiger partial charge in [0.05, 0.1) is 6.54 Å². The minimum absolute atomic E-state index is 0.0645. The van der Waals surface area contributed by atoms with Gasteiger partial charge in [-0.2, -0.15) is 0 Å². The molecule has 0 bridgehead atoms. The maximum absolute atomic E-state index is 11.6. The quantitative estimate of drug-likeness (QED) is 0.635. The number of carbonyl (C=O) groups is 2. The topological polar surface area (TPSA) is 75.4 Å². The summed E-state index contributed by atoms with van der Waals surface area (Å²) in [4.78, 5) is 23.9. The Bertz CT molecular complexity index is 251. The van der Waals surface area contributed by atoms with Gasteiger partial charge in [-0.25, -0.2) is 0 Å². The Morgan fingerprint density at radius 1 is 1.53 bits per heavy atom. The molecule has 1 unspecified atom stereocenters. The molecule has 1 rings (SSSR count). The molecule has 0 radical (unpaired) electrons. The van der Waals surface area contributed by atoms with Crippen LogP contribution in [-0.2, 0) is 9.59 Å². The van der Waals surface area contributed by atoms with Crippen molar-refractivity contribution in [3.63, 3.8) is 0 Å². The lowest BCUT2D eigenvalue weighted by Gasteiger charge is -2.27. The lowest BCUT2D eigenvalue weighted by Crippen LogP contribution is -2.47. The second-order valence-corrected chi connectivity index (χ2v) is 4.05. The van der Waals surface area contributed by atoms with Crippen molar-refractivity contribution in [3.8, 4) is 0 Å². The fraction of sp³-hybridized carbons (Fsp3) is 0.800. The molecular formula is C10H19N3O2. The zero-order valence-electron chi connectivity index (χ0n) is 9.32. The molecule has 0 aliphatic heterocycles. The molecule has 0 saturated heterocycles. The number of nitrogens with two attached hydrogens (primary N) is 1. The minimum Gasteiger partial charge on any atom is -0.347 e. The molecule has 1 atom stereocenters. The molecule has 3 N–H and O–H groups in total. The summed E-state index contributed by atoms with van der Waals surface area (Å²) >= 11 is 0. The van der Waals surface area contributed by atoms with Crippen LogP contribution in [-0.4, -0.2) is 42.9 Å². The van der Waals surface area contributed by atoms with Gasteiger partial charge in [-0.3, -0.25) is 9.59 Å². The van der Waals surface area contributed by atoms with Gasteiger partial charge in [-0.15, -0.1) is 0 Å². The van der Waals surface area contributed by atoms with Crippen molar-refractivity contribution < 1.29 is 9.59 Å². The third-order valence-electron chi connectivity index (χ3n) is 2.79. The van der Waals surface area contributed by atoms with Crippen LogP contribution in [0, 0.1) is 5.92 Å². The largest absolute Gasteiger partial charge is 0.347 e. The summed E-state index contributed by atoms with van der Waals surface area (Å²) in [6.45, 7) is 1.95. The standard InChI is InChI=1S/C10H19N3O2/c1-7(14)12-6-10(15)13(2)9(5-11)8-3-4-8/h8-9H,3-6,11H2,1-2H3,(H,12,14). The van der Waals surface area contributed by atoms with Crippen LogP contribution in [0.1, 0.15) is 19.8 Å². The number of amides is 2. The number of carbonyl (C=O) groups excluding carboxylic acids is 2. The van der Waals surface area contributed by atoms with Crippen LogP contribution in [0.2, 0.25) is 0 Å². The Morgan fingerprint density at radius 3 is 2.53 bits per heavy atom. The minimum atomic E-state index is -0.188. The van der Waals surface area contributed by atoms with Crippen molar-refractivity contribution in [2.45, 2.75) is 25.8 Å². The van der Waals surface area contributed by atoms with Gasteiger partial charge in [0.1, 0.15) is 0 Å². The highest BCUT2D eigenvalue weighted by Gasteiger charge is 2.34. The first-order chi connectivity index (χ1) is 7.06. The molecule has 15 heavy (non-hydrogen) atoms. The van der Waals surface area contributed by atoms with E-state index >= 15 is 0 Å². The molecular weight excluding hydrogens is 194 g/mol. The average Bonchev–Trinajstić information content (AvgIpc) is 2.99. The number of hydrogen-bond donors (Lipinski definition) is 2. The summed E-state index contributed by atoms with van der Waals surface area (Å²) < 4.78 is 0. The first-order valence-electron chi connectivity index (χ1n) is 5.26. The second kappa shape index (κ2) is 5.11. The van der Waals surface area contributed by atoms with Crippen LogP contribution in [0.3, 0.4) is 0 Å². The Balaban J connectivity index is 2.39. The third-order valence-corrected chi connectivity index (χ3v) is 2.79. The van der Waals surface area contributed by atoms with Gasteiger partial charge in [-0.1, -0.05) is 0 Å². The van der Waals surface area contributed by atoms with E-state index in [2.05, 4.69) is 5.32 Å². The first kappa shape index (κ1) is 12.0. The molecule has 1 fully saturated rings. The van der Waals surface area contributed by atoms with E-state index in [1.807, 2.05) is 0 Å². The summed E-state index contributed by atoms with van der Waals surface area (Å²) in [6.07, 6.45) is 2.30. The van der Waals surface area contributed by atoms with Crippen molar-refractivity contribution >= 4 is 11.8 Å². The highest BCUT2D eigenvalue weighted by molar-refractivity contribution is 5.83. The molecule has 5 heteroatoms. The number of rotatable bonds is 5. The molecule has 0 aromatic heterocycles. The lowest BCUT2D eigenvalue weighted by atomic mass is 10.1. The molecule has 2 amide bonds. The molecule has 0 spiro atoms. The lowest BCUT2D eigenvalue weighted by molar-refractivity contribution is -0.133. The first-order valence-corrected chi connectivity index (χ1v) is 5.26. The fourth-order valence-corrected chi connectivity index (χ4v) is 1.66. The maximum atomic E-state index is 11.6. The molecule has 1 saturated carbocycles. The van der Waals surface area contributed by atoms with E-state index in [0.29, 0.717) is 12.5 Å². The molecule has 0 aromatic carbocycles. The highest BCUT2D eigenvalue weighted by Crippen LogP contribution is 2.34. The Kier molecular flexibility index (Phi) is 4.08. The van der Waals surface area contributed by atoms with Gasteiger partial charge in [0.15, 0.2) is 0 Å². The van der Waals surface area contributed by atoms with E-state index in [0.717, 1.165) is 12.8 Å². The number of likely N-dealkylation sites (N-methyl/N-ethyl adjacent to an activating group) is 1. The van der Waals surface area contributed by atoms with E-state index in [1.54, 1.807) is 11.9 Å². The van der Waals surface area contributed by atoms with Gasteiger partial charge in [-0.05, 0) is 18.8 Å². The maximum Gasteiger partial charge on any atom is 0.242 e. The highest BCUT2D eigenvalue weighted by atomic mass is 16.2. The summed E-state index contributed by atoms with van der Waals surface area (Å²) in [7, 11) is 1.75. The second-order valence-electron chi connectivity index (χ2n) is 4.05. The zero-order chi connectivity index (χ0) is 11.4. The van der Waals surface area contributed by atoms with E-state index in [-0.39, 0.29) is 24.4 Å². The number of nitrogens with one attached hydrogen (secondary N) is 1. The molecule has 1 aliphatic rings. The zero-order valence-corrected chi connectivity index (χ0v) is 9.32. The van der Waals surface area contributed by atoms with Crippen LogP contribution < -0.4 is 11.1 Å². The van der Waals surface area contributed by atoms with Gasteiger partial charge in [0.25, 0.3) is 0 Å². The summed E-state index contributed by atoms with van der Waals surface area (Å²) in [5, 5.41) is 2.49. The Hall–Kier alpha value is -1.10. The van der Waals surface area contributed by atoms with Crippen LogP contribution >= 0.6 is 0 Å². The van der Waals surface area contributed by atoms with Crippen molar-refractivity contribution in [2.75, 3.05) is 20.1 Å². The predicted octanol–water partition coefficient (Wildman–Crippen LogP) is -0.682. The monoisotopic (exact) mass is 213 g/mol. The SMILES string of the molecule is CC(=O)NCC(=O)N(C)C(CN)C1CC1. The normalized spacial score (nSPS) is 17.0. The van der Waals surface area contributed by atoms with Gasteiger partial charge in [0.2, 0.25) is 11.8 Å². The smallest absolute Gasteiger partial charge is 0.242 e. The van der Waals surface area contributed by atoms with Gasteiger partial charge >= 0.3 is 0 Å². The van der Waals surface area contributed by atoms with Crippen molar-refractivity contribution in [3.05, 3.63) is 0 Å².